The van der Waals surface area contributed by atoms with E-state index >= 15 is 0 Å². The Morgan fingerprint density at radius 3 is 2.78 bits per heavy atom. The maximum absolute atomic E-state index is 13.2. The smallest absolute Gasteiger partial charge is 0.318 e. The van der Waals surface area contributed by atoms with Gasteiger partial charge in [0.15, 0.2) is 23.1 Å². The Balaban J connectivity index is 1.60. The van der Waals surface area contributed by atoms with Crippen LogP contribution >= 0.6 is 0 Å². The Morgan fingerprint density at radius 1 is 1.30 bits per heavy atom. The number of carbonyl (C=O) groups excluding carboxylic acids is 1. The summed E-state index contributed by atoms with van der Waals surface area (Å²) in [6, 6.07) is 5.14. The number of piperazine rings is 1. The number of aromatic nitrogens is 2. The molecule has 140 valence electrons. The minimum absolute atomic E-state index is 0.103. The van der Waals surface area contributed by atoms with Gasteiger partial charge in [0, 0.05) is 44.6 Å². The topological polar surface area (TPSA) is 85.2 Å². The van der Waals surface area contributed by atoms with Crippen LogP contribution < -0.4 is 10.2 Å². The molecule has 0 bridgehead atoms. The quantitative estimate of drug-likeness (QED) is 0.891. The summed E-state index contributed by atoms with van der Waals surface area (Å²) in [6.45, 7) is 3.45. The van der Waals surface area contributed by atoms with E-state index in [1.165, 1.54) is 18.5 Å². The second-order valence-corrected chi connectivity index (χ2v) is 6.24. The number of urea groups is 1. The molecule has 0 saturated carbocycles. The standard InChI is InChI=1S/C18H18F2N6O/c1-12-11-25(17-16(9-21)22-4-5-23-17)6-7-26(12)18(27)24-10-13-2-3-14(19)15(20)8-13/h2-5,8,12H,6-7,10-11H2,1H3,(H,24,27). The van der Waals surface area contributed by atoms with Gasteiger partial charge in [-0.1, -0.05) is 6.07 Å². The van der Waals surface area contributed by atoms with E-state index in [0.29, 0.717) is 31.0 Å². The van der Waals surface area contributed by atoms with E-state index in [0.717, 1.165) is 12.1 Å². The molecule has 27 heavy (non-hydrogen) atoms. The molecule has 2 heterocycles. The van der Waals surface area contributed by atoms with Crippen molar-refractivity contribution >= 4 is 11.8 Å². The first-order valence-corrected chi connectivity index (χ1v) is 8.44. The number of hydrogen-bond donors (Lipinski definition) is 1. The lowest BCUT2D eigenvalue weighted by Crippen LogP contribution is -2.56. The summed E-state index contributed by atoms with van der Waals surface area (Å²) in [5, 5.41) is 11.9. The highest BCUT2D eigenvalue weighted by Crippen LogP contribution is 2.19. The van der Waals surface area contributed by atoms with Gasteiger partial charge in [-0.05, 0) is 24.6 Å². The first kappa shape index (κ1) is 18.5. The molecule has 0 aliphatic carbocycles. The first-order chi connectivity index (χ1) is 13.0. The van der Waals surface area contributed by atoms with Crippen molar-refractivity contribution in [1.29, 1.82) is 5.26 Å². The van der Waals surface area contributed by atoms with Crippen LogP contribution in [0.25, 0.3) is 0 Å². The van der Waals surface area contributed by atoms with Crippen molar-refractivity contribution in [1.82, 2.24) is 20.2 Å². The van der Waals surface area contributed by atoms with E-state index in [9.17, 15) is 13.6 Å². The Hall–Kier alpha value is -3.28. The fraction of sp³-hybridized carbons (Fsp3) is 0.333. The second kappa shape index (κ2) is 7.95. The van der Waals surface area contributed by atoms with Crippen molar-refractivity contribution in [2.45, 2.75) is 19.5 Å². The molecule has 1 aliphatic heterocycles. The predicted octanol–water partition coefficient (Wildman–Crippen LogP) is 2.05. The van der Waals surface area contributed by atoms with E-state index in [1.807, 2.05) is 17.9 Å². The van der Waals surface area contributed by atoms with Gasteiger partial charge in [-0.2, -0.15) is 5.26 Å². The minimum atomic E-state index is -0.944. The van der Waals surface area contributed by atoms with Gasteiger partial charge < -0.3 is 15.1 Å². The normalized spacial score (nSPS) is 16.7. The first-order valence-electron chi connectivity index (χ1n) is 8.44. The maximum Gasteiger partial charge on any atom is 0.318 e. The molecule has 2 amide bonds. The minimum Gasteiger partial charge on any atom is -0.350 e. The Labute approximate surface area is 155 Å². The van der Waals surface area contributed by atoms with Gasteiger partial charge in [0.1, 0.15) is 6.07 Å². The molecule has 1 fully saturated rings. The summed E-state index contributed by atoms with van der Waals surface area (Å²) in [6.07, 6.45) is 3.00. The van der Waals surface area contributed by atoms with Crippen LogP contribution in [0.5, 0.6) is 0 Å². The van der Waals surface area contributed by atoms with Gasteiger partial charge >= 0.3 is 6.03 Å². The van der Waals surface area contributed by atoms with Crippen LogP contribution in [0.15, 0.2) is 30.6 Å². The third-order valence-corrected chi connectivity index (χ3v) is 4.40. The molecule has 0 radical (unpaired) electrons. The summed E-state index contributed by atoms with van der Waals surface area (Å²) in [7, 11) is 0. The molecule has 1 atom stereocenters. The predicted molar refractivity (Wildman–Crippen MR) is 93.7 cm³/mol. The lowest BCUT2D eigenvalue weighted by molar-refractivity contribution is 0.171. The molecule has 1 saturated heterocycles. The van der Waals surface area contributed by atoms with E-state index in [-0.39, 0.29) is 24.3 Å². The number of halogens is 2. The monoisotopic (exact) mass is 372 g/mol. The number of nitrogens with one attached hydrogen (secondary N) is 1. The van der Waals surface area contributed by atoms with Crippen molar-refractivity contribution in [3.63, 3.8) is 0 Å². The number of hydrogen-bond acceptors (Lipinski definition) is 5. The zero-order valence-corrected chi connectivity index (χ0v) is 14.7. The molecule has 1 aromatic heterocycles. The summed E-state index contributed by atoms with van der Waals surface area (Å²) in [5.74, 6) is -1.36. The molecule has 1 N–H and O–H groups in total. The van der Waals surface area contributed by atoms with Crippen LogP contribution in [-0.2, 0) is 6.54 Å². The summed E-state index contributed by atoms with van der Waals surface area (Å²) >= 11 is 0. The largest absolute Gasteiger partial charge is 0.350 e. The summed E-state index contributed by atoms with van der Waals surface area (Å²) in [4.78, 5) is 24.3. The molecule has 1 unspecified atom stereocenters. The van der Waals surface area contributed by atoms with Crippen molar-refractivity contribution in [3.8, 4) is 6.07 Å². The highest BCUT2D eigenvalue weighted by Gasteiger charge is 2.29. The zero-order chi connectivity index (χ0) is 19.4. The molecule has 2 aromatic rings. The van der Waals surface area contributed by atoms with E-state index in [1.54, 1.807) is 4.90 Å². The number of nitrogens with zero attached hydrogens (tertiary/aromatic N) is 5. The molecular weight excluding hydrogens is 354 g/mol. The van der Waals surface area contributed by atoms with Gasteiger partial charge in [-0.3, -0.25) is 0 Å². The Bertz CT molecular complexity index is 884. The van der Waals surface area contributed by atoms with Gasteiger partial charge in [0.25, 0.3) is 0 Å². The van der Waals surface area contributed by atoms with Crippen LogP contribution in [0.4, 0.5) is 19.4 Å². The van der Waals surface area contributed by atoms with Crippen LogP contribution in [0.1, 0.15) is 18.2 Å². The van der Waals surface area contributed by atoms with Gasteiger partial charge in [-0.25, -0.2) is 23.5 Å². The Kier molecular flexibility index (Phi) is 5.45. The molecule has 1 aliphatic rings. The third kappa shape index (κ3) is 4.11. The van der Waals surface area contributed by atoms with Crippen molar-refractivity contribution in [3.05, 3.63) is 53.5 Å². The lowest BCUT2D eigenvalue weighted by Gasteiger charge is -2.40. The van der Waals surface area contributed by atoms with Crippen LogP contribution in [0, 0.1) is 23.0 Å². The fourth-order valence-corrected chi connectivity index (χ4v) is 3.02. The number of rotatable bonds is 3. The average molecular weight is 372 g/mol. The summed E-state index contributed by atoms with van der Waals surface area (Å²) < 4.78 is 26.2. The number of nitriles is 1. The van der Waals surface area contributed by atoms with Crippen LogP contribution in [-0.4, -0.2) is 46.6 Å². The average Bonchev–Trinajstić information content (AvgIpc) is 2.68. The van der Waals surface area contributed by atoms with Gasteiger partial charge in [0.05, 0.1) is 0 Å². The van der Waals surface area contributed by atoms with Crippen molar-refractivity contribution in [2.75, 3.05) is 24.5 Å². The molecule has 3 rings (SSSR count). The van der Waals surface area contributed by atoms with Crippen LogP contribution in [0.2, 0.25) is 0 Å². The zero-order valence-electron chi connectivity index (χ0n) is 14.7. The number of anilines is 1. The fourth-order valence-electron chi connectivity index (χ4n) is 3.02. The SMILES string of the molecule is CC1CN(c2nccnc2C#N)CCN1C(=O)NCc1ccc(F)c(F)c1. The molecule has 7 nitrogen and oxygen atoms in total. The Morgan fingerprint density at radius 2 is 2.07 bits per heavy atom. The lowest BCUT2D eigenvalue weighted by atomic mass is 10.2. The second-order valence-electron chi connectivity index (χ2n) is 6.24. The summed E-state index contributed by atoms with van der Waals surface area (Å²) in [5.41, 5.74) is 0.729. The van der Waals surface area contributed by atoms with E-state index < -0.39 is 11.6 Å². The number of amides is 2. The third-order valence-electron chi connectivity index (χ3n) is 4.40. The van der Waals surface area contributed by atoms with Crippen molar-refractivity contribution in [2.24, 2.45) is 0 Å². The number of carbonyl (C=O) groups is 1. The molecule has 0 spiro atoms. The van der Waals surface area contributed by atoms with E-state index in [4.69, 9.17) is 5.26 Å². The van der Waals surface area contributed by atoms with Gasteiger partial charge in [0.2, 0.25) is 0 Å². The van der Waals surface area contributed by atoms with E-state index in [2.05, 4.69) is 15.3 Å². The highest BCUT2D eigenvalue weighted by molar-refractivity contribution is 5.75. The molecule has 1 aromatic carbocycles. The number of benzene rings is 1. The van der Waals surface area contributed by atoms with Crippen LogP contribution in [0.3, 0.4) is 0 Å². The highest BCUT2D eigenvalue weighted by atomic mass is 19.2. The molecule has 9 heteroatoms. The van der Waals surface area contributed by atoms with Crippen molar-refractivity contribution < 1.29 is 13.6 Å². The maximum atomic E-state index is 13.2. The molecular formula is C18H18F2N6O. The van der Waals surface area contributed by atoms with Gasteiger partial charge in [-0.15, -0.1) is 0 Å².